The number of benzene rings is 1. The normalized spacial score (nSPS) is 13.6. The molecule has 0 spiro atoms. The van der Waals surface area contributed by atoms with Crippen molar-refractivity contribution in [1.29, 1.82) is 5.26 Å². The Morgan fingerprint density at radius 2 is 2.31 bits per heavy atom. The molecule has 4 heteroatoms. The molecule has 1 atom stereocenters. The quantitative estimate of drug-likeness (QED) is 0.849. The first-order valence-corrected chi connectivity index (χ1v) is 5.00. The molecule has 0 bridgehead atoms. The summed E-state index contributed by atoms with van der Waals surface area (Å²) in [6, 6.07) is 7.39. The second-order valence-electron chi connectivity index (χ2n) is 3.76. The molecule has 1 N–H and O–H groups in total. The lowest BCUT2D eigenvalue weighted by molar-refractivity contribution is 0.0922. The minimum absolute atomic E-state index is 0.218. The molecular formula is C12H13FN2O. The zero-order chi connectivity index (χ0) is 12.2. The second kappa shape index (κ2) is 4.75. The lowest BCUT2D eigenvalue weighted by atomic mass is 10.0. The SMILES string of the molecule is CC[C@@](C)(C#N)NC(=O)c1cccc(F)c1. The Labute approximate surface area is 93.9 Å². The van der Waals surface area contributed by atoms with Gasteiger partial charge in [-0.05, 0) is 31.5 Å². The van der Waals surface area contributed by atoms with Gasteiger partial charge in [0, 0.05) is 5.56 Å². The summed E-state index contributed by atoms with van der Waals surface area (Å²) < 4.78 is 12.9. The largest absolute Gasteiger partial charge is 0.334 e. The maximum Gasteiger partial charge on any atom is 0.252 e. The van der Waals surface area contributed by atoms with Gasteiger partial charge in [-0.3, -0.25) is 4.79 Å². The van der Waals surface area contributed by atoms with Crippen molar-refractivity contribution in [2.75, 3.05) is 0 Å². The molecule has 84 valence electrons. The van der Waals surface area contributed by atoms with Gasteiger partial charge in [0.2, 0.25) is 0 Å². The third-order valence-corrected chi connectivity index (χ3v) is 2.43. The van der Waals surface area contributed by atoms with E-state index in [0.29, 0.717) is 6.42 Å². The van der Waals surface area contributed by atoms with Crippen molar-refractivity contribution >= 4 is 5.91 Å². The number of nitriles is 1. The molecule has 0 aliphatic carbocycles. The molecule has 0 fully saturated rings. The summed E-state index contributed by atoms with van der Waals surface area (Å²) >= 11 is 0. The van der Waals surface area contributed by atoms with Gasteiger partial charge in [0.25, 0.3) is 5.91 Å². The van der Waals surface area contributed by atoms with Gasteiger partial charge >= 0.3 is 0 Å². The molecule has 0 aliphatic heterocycles. The van der Waals surface area contributed by atoms with Crippen molar-refractivity contribution in [3.63, 3.8) is 0 Å². The average molecular weight is 220 g/mol. The number of halogens is 1. The summed E-state index contributed by atoms with van der Waals surface area (Å²) in [7, 11) is 0. The Morgan fingerprint density at radius 1 is 1.62 bits per heavy atom. The van der Waals surface area contributed by atoms with Gasteiger partial charge in [-0.1, -0.05) is 13.0 Å². The van der Waals surface area contributed by atoms with E-state index in [-0.39, 0.29) is 5.56 Å². The van der Waals surface area contributed by atoms with E-state index in [2.05, 4.69) is 5.32 Å². The standard InChI is InChI=1S/C12H13FN2O/c1-3-12(2,8-14)15-11(16)9-5-4-6-10(13)7-9/h4-7H,3H2,1-2H3,(H,15,16)/t12-/m0/s1. The summed E-state index contributed by atoms with van der Waals surface area (Å²) in [6.45, 7) is 3.43. The molecule has 1 rings (SSSR count). The summed E-state index contributed by atoms with van der Waals surface area (Å²) in [5.41, 5.74) is -0.696. The number of rotatable bonds is 3. The van der Waals surface area contributed by atoms with Crippen LogP contribution in [0.15, 0.2) is 24.3 Å². The smallest absolute Gasteiger partial charge is 0.252 e. The van der Waals surface area contributed by atoms with Crippen LogP contribution in [-0.4, -0.2) is 11.4 Å². The fourth-order valence-corrected chi connectivity index (χ4v) is 1.15. The van der Waals surface area contributed by atoms with Gasteiger partial charge in [-0.25, -0.2) is 4.39 Å². The Balaban J connectivity index is 2.85. The van der Waals surface area contributed by atoms with Crippen LogP contribution in [0, 0.1) is 17.1 Å². The van der Waals surface area contributed by atoms with Crippen LogP contribution in [0.25, 0.3) is 0 Å². The molecule has 16 heavy (non-hydrogen) atoms. The second-order valence-corrected chi connectivity index (χ2v) is 3.76. The zero-order valence-electron chi connectivity index (χ0n) is 9.25. The molecule has 0 aliphatic rings. The topological polar surface area (TPSA) is 52.9 Å². The molecule has 3 nitrogen and oxygen atoms in total. The number of hydrogen-bond acceptors (Lipinski definition) is 2. The van der Waals surface area contributed by atoms with E-state index < -0.39 is 17.3 Å². The lowest BCUT2D eigenvalue weighted by Crippen LogP contribution is -2.44. The van der Waals surface area contributed by atoms with Crippen molar-refractivity contribution in [3.8, 4) is 6.07 Å². The van der Waals surface area contributed by atoms with Crippen LogP contribution >= 0.6 is 0 Å². The minimum atomic E-state index is -0.913. The highest BCUT2D eigenvalue weighted by Gasteiger charge is 2.24. The Kier molecular flexibility index (Phi) is 3.62. The van der Waals surface area contributed by atoms with Gasteiger partial charge < -0.3 is 5.32 Å². The monoisotopic (exact) mass is 220 g/mol. The highest BCUT2D eigenvalue weighted by molar-refractivity contribution is 5.94. The van der Waals surface area contributed by atoms with Crippen molar-refractivity contribution in [2.45, 2.75) is 25.8 Å². The van der Waals surface area contributed by atoms with Crippen molar-refractivity contribution in [3.05, 3.63) is 35.6 Å². The number of nitrogens with one attached hydrogen (secondary N) is 1. The fourth-order valence-electron chi connectivity index (χ4n) is 1.15. The molecular weight excluding hydrogens is 207 g/mol. The number of nitrogens with zero attached hydrogens (tertiary/aromatic N) is 1. The van der Waals surface area contributed by atoms with Gasteiger partial charge in [-0.2, -0.15) is 5.26 Å². The first-order valence-electron chi connectivity index (χ1n) is 5.00. The highest BCUT2D eigenvalue weighted by Crippen LogP contribution is 2.10. The van der Waals surface area contributed by atoms with Crippen LogP contribution in [0.3, 0.4) is 0 Å². The molecule has 1 amide bonds. The predicted molar refractivity (Wildman–Crippen MR) is 58.2 cm³/mol. The van der Waals surface area contributed by atoms with E-state index in [0.717, 1.165) is 6.07 Å². The fraction of sp³-hybridized carbons (Fsp3) is 0.333. The Bertz CT molecular complexity index is 439. The minimum Gasteiger partial charge on any atom is -0.334 e. The number of carbonyl (C=O) groups is 1. The van der Waals surface area contributed by atoms with Crippen LogP contribution in [0.4, 0.5) is 4.39 Å². The Hall–Kier alpha value is -1.89. The number of hydrogen-bond donors (Lipinski definition) is 1. The van der Waals surface area contributed by atoms with Crippen molar-refractivity contribution < 1.29 is 9.18 Å². The molecule has 0 saturated carbocycles. The van der Waals surface area contributed by atoms with Crippen molar-refractivity contribution in [2.24, 2.45) is 0 Å². The van der Waals surface area contributed by atoms with Crippen LogP contribution in [0.1, 0.15) is 30.6 Å². The van der Waals surface area contributed by atoms with Gasteiger partial charge in [0.05, 0.1) is 6.07 Å². The van der Waals surface area contributed by atoms with E-state index in [1.165, 1.54) is 18.2 Å². The molecule has 0 heterocycles. The summed E-state index contributed by atoms with van der Waals surface area (Å²) in [6.07, 6.45) is 0.491. The van der Waals surface area contributed by atoms with Crippen LogP contribution in [0.5, 0.6) is 0 Å². The zero-order valence-corrected chi connectivity index (χ0v) is 9.25. The molecule has 0 aromatic heterocycles. The Morgan fingerprint density at radius 3 is 2.81 bits per heavy atom. The van der Waals surface area contributed by atoms with E-state index >= 15 is 0 Å². The summed E-state index contributed by atoms with van der Waals surface area (Å²) in [5.74, 6) is -0.909. The molecule has 0 unspecified atom stereocenters. The van der Waals surface area contributed by atoms with E-state index in [9.17, 15) is 9.18 Å². The van der Waals surface area contributed by atoms with Crippen LogP contribution < -0.4 is 5.32 Å². The third kappa shape index (κ3) is 2.80. The maximum atomic E-state index is 12.9. The number of amides is 1. The predicted octanol–water partition coefficient (Wildman–Crippen LogP) is 2.25. The maximum absolute atomic E-state index is 12.9. The van der Waals surface area contributed by atoms with Gasteiger partial charge in [0.1, 0.15) is 11.4 Å². The van der Waals surface area contributed by atoms with Gasteiger partial charge in [0.15, 0.2) is 0 Å². The highest BCUT2D eigenvalue weighted by atomic mass is 19.1. The summed E-state index contributed by atoms with van der Waals surface area (Å²) in [4.78, 5) is 11.7. The average Bonchev–Trinajstić information content (AvgIpc) is 2.29. The van der Waals surface area contributed by atoms with Crippen molar-refractivity contribution in [1.82, 2.24) is 5.32 Å². The van der Waals surface area contributed by atoms with E-state index in [1.807, 2.05) is 6.07 Å². The first-order chi connectivity index (χ1) is 7.50. The van der Waals surface area contributed by atoms with Crippen LogP contribution in [0.2, 0.25) is 0 Å². The molecule has 1 aromatic rings. The molecule has 0 radical (unpaired) electrons. The summed E-state index contributed by atoms with van der Waals surface area (Å²) in [5, 5.41) is 11.5. The molecule has 1 aromatic carbocycles. The first kappa shape index (κ1) is 12.2. The molecule has 0 saturated heterocycles. The van der Waals surface area contributed by atoms with E-state index in [1.54, 1.807) is 13.8 Å². The van der Waals surface area contributed by atoms with Gasteiger partial charge in [-0.15, -0.1) is 0 Å². The lowest BCUT2D eigenvalue weighted by Gasteiger charge is -2.21. The van der Waals surface area contributed by atoms with E-state index in [4.69, 9.17) is 5.26 Å². The van der Waals surface area contributed by atoms with Crippen LogP contribution in [-0.2, 0) is 0 Å². The number of carbonyl (C=O) groups excluding carboxylic acids is 1. The third-order valence-electron chi connectivity index (χ3n) is 2.43.